The third-order valence-electron chi connectivity index (χ3n) is 2.75. The van der Waals surface area contributed by atoms with Crippen LogP contribution in [-0.4, -0.2) is 22.8 Å². The average molecular weight is 330 g/mol. The van der Waals surface area contributed by atoms with E-state index in [9.17, 15) is 9.59 Å². The smallest absolute Gasteiger partial charge is 0.478 e. The molecular weight excluding hydrogens is 312 g/mol. The highest BCUT2D eigenvalue weighted by Gasteiger charge is 2.18. The van der Waals surface area contributed by atoms with E-state index in [0.717, 1.165) is 0 Å². The molecule has 6 nitrogen and oxygen atoms in total. The number of carboxylic acid groups (broad SMARTS) is 1. The van der Waals surface area contributed by atoms with Crippen LogP contribution in [-0.2, 0) is 4.74 Å². The van der Waals surface area contributed by atoms with Crippen molar-refractivity contribution >= 4 is 12.1 Å². The van der Waals surface area contributed by atoms with Gasteiger partial charge in [-0.2, -0.15) is 0 Å². The minimum atomic E-state index is -0.995. The zero-order chi connectivity index (χ0) is 17.7. The van der Waals surface area contributed by atoms with Crippen LogP contribution in [0.4, 0.5) is 4.79 Å². The van der Waals surface area contributed by atoms with Gasteiger partial charge in [-0.1, -0.05) is 0 Å². The first-order chi connectivity index (χ1) is 11.2. The van der Waals surface area contributed by atoms with Gasteiger partial charge in [-0.3, -0.25) is 0 Å². The molecule has 0 fully saturated rings. The van der Waals surface area contributed by atoms with E-state index in [0.29, 0.717) is 17.2 Å². The Morgan fingerprint density at radius 2 is 1.29 bits per heavy atom. The van der Waals surface area contributed by atoms with E-state index in [1.807, 2.05) is 0 Å². The Kier molecular flexibility index (Phi) is 5.08. The van der Waals surface area contributed by atoms with Crippen LogP contribution >= 0.6 is 0 Å². The summed E-state index contributed by atoms with van der Waals surface area (Å²) in [5, 5.41) is 8.85. The molecule has 0 atom stereocenters. The summed E-state index contributed by atoms with van der Waals surface area (Å²) >= 11 is 0. The van der Waals surface area contributed by atoms with Crippen LogP contribution in [0.2, 0.25) is 0 Å². The molecule has 0 aromatic heterocycles. The fourth-order valence-electron chi connectivity index (χ4n) is 1.74. The monoisotopic (exact) mass is 330 g/mol. The summed E-state index contributed by atoms with van der Waals surface area (Å²) in [6.07, 6.45) is -0.777. The van der Waals surface area contributed by atoms with Crippen LogP contribution in [0.5, 0.6) is 17.2 Å². The van der Waals surface area contributed by atoms with Gasteiger partial charge in [-0.25, -0.2) is 9.59 Å². The Bertz CT molecular complexity index is 711. The minimum absolute atomic E-state index is 0.184. The predicted octanol–water partition coefficient (Wildman–Crippen LogP) is 4.49. The van der Waals surface area contributed by atoms with Crippen molar-refractivity contribution in [3.8, 4) is 17.2 Å². The van der Waals surface area contributed by atoms with Crippen LogP contribution < -0.4 is 9.47 Å². The standard InChI is InChI=1S/C18H18O6/c1-18(2,3)24-17(21)23-15-10-8-14(9-11-15)22-13-6-4-12(5-7-13)16(19)20/h4-11H,1-3H3,(H,19,20). The lowest BCUT2D eigenvalue weighted by Crippen LogP contribution is -2.25. The lowest BCUT2D eigenvalue weighted by atomic mass is 10.2. The highest BCUT2D eigenvalue weighted by molar-refractivity contribution is 5.87. The van der Waals surface area contributed by atoms with Crippen molar-refractivity contribution in [1.29, 1.82) is 0 Å². The fourth-order valence-corrected chi connectivity index (χ4v) is 1.74. The molecule has 0 unspecified atom stereocenters. The Labute approximate surface area is 139 Å². The molecule has 0 amide bonds. The second-order valence-corrected chi connectivity index (χ2v) is 5.97. The number of ether oxygens (including phenoxy) is 3. The molecule has 2 aromatic carbocycles. The first-order valence-corrected chi connectivity index (χ1v) is 7.25. The topological polar surface area (TPSA) is 82.1 Å². The van der Waals surface area contributed by atoms with E-state index in [4.69, 9.17) is 19.3 Å². The molecule has 0 saturated heterocycles. The zero-order valence-corrected chi connectivity index (χ0v) is 13.6. The summed E-state index contributed by atoms with van der Waals surface area (Å²) in [5.74, 6) is 0.360. The van der Waals surface area contributed by atoms with E-state index in [1.54, 1.807) is 57.2 Å². The molecule has 0 saturated carbocycles. The number of aromatic carboxylic acids is 1. The fraction of sp³-hybridized carbons (Fsp3) is 0.222. The van der Waals surface area contributed by atoms with Crippen LogP contribution in [0, 0.1) is 0 Å². The van der Waals surface area contributed by atoms with E-state index in [1.165, 1.54) is 12.1 Å². The van der Waals surface area contributed by atoms with Crippen molar-refractivity contribution in [3.63, 3.8) is 0 Å². The van der Waals surface area contributed by atoms with Crippen molar-refractivity contribution in [2.45, 2.75) is 26.4 Å². The van der Waals surface area contributed by atoms with E-state index in [-0.39, 0.29) is 5.56 Å². The number of carbonyl (C=O) groups is 2. The Balaban J connectivity index is 1.96. The predicted molar refractivity (Wildman–Crippen MR) is 86.8 cm³/mol. The van der Waals surface area contributed by atoms with Gasteiger partial charge in [0.15, 0.2) is 0 Å². The molecule has 2 rings (SSSR count). The van der Waals surface area contributed by atoms with Crippen molar-refractivity contribution in [1.82, 2.24) is 0 Å². The number of hydrogen-bond acceptors (Lipinski definition) is 5. The van der Waals surface area contributed by atoms with Crippen LogP contribution in [0.25, 0.3) is 0 Å². The third kappa shape index (κ3) is 5.31. The molecule has 0 aliphatic heterocycles. The first-order valence-electron chi connectivity index (χ1n) is 7.25. The molecule has 24 heavy (non-hydrogen) atoms. The molecule has 0 bridgehead atoms. The summed E-state index contributed by atoms with van der Waals surface area (Å²) in [4.78, 5) is 22.4. The van der Waals surface area contributed by atoms with Gasteiger partial charge in [-0.05, 0) is 69.3 Å². The van der Waals surface area contributed by atoms with Crippen LogP contribution in [0.15, 0.2) is 48.5 Å². The Hall–Kier alpha value is -3.02. The quantitative estimate of drug-likeness (QED) is 0.657. The second-order valence-electron chi connectivity index (χ2n) is 5.97. The van der Waals surface area contributed by atoms with E-state index < -0.39 is 17.7 Å². The van der Waals surface area contributed by atoms with E-state index in [2.05, 4.69) is 0 Å². The second kappa shape index (κ2) is 7.04. The molecule has 126 valence electrons. The summed E-state index contributed by atoms with van der Waals surface area (Å²) in [6, 6.07) is 12.4. The molecule has 0 spiro atoms. The minimum Gasteiger partial charge on any atom is -0.478 e. The van der Waals surface area contributed by atoms with Crippen molar-refractivity contribution in [2.75, 3.05) is 0 Å². The largest absolute Gasteiger partial charge is 0.514 e. The average Bonchev–Trinajstić information content (AvgIpc) is 2.48. The van der Waals surface area contributed by atoms with Gasteiger partial charge in [0.25, 0.3) is 0 Å². The molecule has 0 aliphatic rings. The summed E-state index contributed by atoms with van der Waals surface area (Å²) in [7, 11) is 0. The van der Waals surface area contributed by atoms with Crippen LogP contribution in [0.3, 0.4) is 0 Å². The maximum Gasteiger partial charge on any atom is 0.514 e. The lowest BCUT2D eigenvalue weighted by Gasteiger charge is -2.18. The normalized spacial score (nSPS) is 10.8. The highest BCUT2D eigenvalue weighted by atomic mass is 16.7. The van der Waals surface area contributed by atoms with Crippen LogP contribution in [0.1, 0.15) is 31.1 Å². The number of hydrogen-bond donors (Lipinski definition) is 1. The molecule has 6 heteroatoms. The van der Waals surface area contributed by atoms with Crippen molar-refractivity contribution < 1.29 is 28.9 Å². The third-order valence-corrected chi connectivity index (χ3v) is 2.75. The summed E-state index contributed by atoms with van der Waals surface area (Å²) in [6.45, 7) is 5.25. The zero-order valence-electron chi connectivity index (χ0n) is 13.6. The molecule has 2 aromatic rings. The Morgan fingerprint density at radius 1 is 0.833 bits per heavy atom. The molecule has 0 aliphatic carbocycles. The van der Waals surface area contributed by atoms with Gasteiger partial charge in [0.1, 0.15) is 22.8 Å². The van der Waals surface area contributed by atoms with Crippen molar-refractivity contribution in [2.24, 2.45) is 0 Å². The van der Waals surface area contributed by atoms with Gasteiger partial charge in [0, 0.05) is 0 Å². The number of rotatable bonds is 4. The maximum absolute atomic E-state index is 11.6. The Morgan fingerprint density at radius 3 is 1.75 bits per heavy atom. The van der Waals surface area contributed by atoms with E-state index >= 15 is 0 Å². The maximum atomic E-state index is 11.6. The lowest BCUT2D eigenvalue weighted by molar-refractivity contribution is 0.0206. The van der Waals surface area contributed by atoms with Gasteiger partial charge >= 0.3 is 12.1 Å². The molecular formula is C18H18O6. The SMILES string of the molecule is CC(C)(C)OC(=O)Oc1ccc(Oc2ccc(C(=O)O)cc2)cc1. The van der Waals surface area contributed by atoms with Gasteiger partial charge < -0.3 is 19.3 Å². The van der Waals surface area contributed by atoms with Gasteiger partial charge in [-0.15, -0.1) is 0 Å². The number of benzene rings is 2. The number of carbonyl (C=O) groups excluding carboxylic acids is 1. The van der Waals surface area contributed by atoms with Gasteiger partial charge in [0.05, 0.1) is 5.56 Å². The molecule has 0 heterocycles. The first kappa shape index (κ1) is 17.3. The molecule has 1 N–H and O–H groups in total. The van der Waals surface area contributed by atoms with Crippen molar-refractivity contribution in [3.05, 3.63) is 54.1 Å². The molecule has 0 radical (unpaired) electrons. The number of carboxylic acids is 1. The summed E-state index contributed by atoms with van der Waals surface area (Å²) in [5.41, 5.74) is -0.439. The summed E-state index contributed by atoms with van der Waals surface area (Å²) < 4.78 is 15.7. The highest BCUT2D eigenvalue weighted by Crippen LogP contribution is 2.24. The van der Waals surface area contributed by atoms with Gasteiger partial charge in [0.2, 0.25) is 0 Å².